The number of fused-ring (bicyclic) bond motifs is 1. The Bertz CT molecular complexity index is 844. The van der Waals surface area contributed by atoms with E-state index in [4.69, 9.17) is 4.74 Å². The van der Waals surface area contributed by atoms with Crippen LogP contribution in [0.4, 0.5) is 0 Å². The van der Waals surface area contributed by atoms with Crippen LogP contribution >= 0.6 is 24.0 Å². The van der Waals surface area contributed by atoms with Crippen LogP contribution in [0, 0.1) is 0 Å². The van der Waals surface area contributed by atoms with Crippen molar-refractivity contribution < 1.29 is 9.84 Å². The molecule has 0 aliphatic rings. The fourth-order valence-corrected chi connectivity index (χ4v) is 3.46. The quantitative estimate of drug-likeness (QED) is 0.694. The Hall–Kier alpha value is -1.79. The molecule has 3 aromatic rings. The predicted octanol–water partition coefficient (Wildman–Crippen LogP) is 4.48. The van der Waals surface area contributed by atoms with Gasteiger partial charge in [-0.05, 0) is 18.1 Å². The number of hydrogen-bond acceptors (Lipinski definition) is 6. The SMILES string of the molecule is COc1ccc2c(O)cc(-c3nc(C(C)C)cs3)nc2c1S. The Morgan fingerprint density at radius 3 is 2.68 bits per heavy atom. The lowest BCUT2D eigenvalue weighted by atomic mass is 10.1. The van der Waals surface area contributed by atoms with Crippen LogP contribution < -0.4 is 4.74 Å². The Morgan fingerprint density at radius 2 is 2.05 bits per heavy atom. The molecule has 0 amide bonds. The highest BCUT2D eigenvalue weighted by Crippen LogP contribution is 2.37. The molecule has 0 fully saturated rings. The van der Waals surface area contributed by atoms with Gasteiger partial charge in [-0.1, -0.05) is 13.8 Å². The molecular weight excluding hydrogens is 316 g/mol. The van der Waals surface area contributed by atoms with Crippen LogP contribution in [0.1, 0.15) is 25.5 Å². The van der Waals surface area contributed by atoms with E-state index in [2.05, 4.69) is 36.4 Å². The molecule has 114 valence electrons. The Morgan fingerprint density at radius 1 is 1.27 bits per heavy atom. The number of nitrogens with zero attached hydrogens (tertiary/aromatic N) is 2. The normalized spacial score (nSPS) is 11.3. The number of methoxy groups -OCH3 is 1. The molecule has 6 heteroatoms. The van der Waals surface area contributed by atoms with Gasteiger partial charge in [-0.3, -0.25) is 0 Å². The first-order valence-corrected chi connectivity index (χ1v) is 8.19. The Labute approximate surface area is 138 Å². The third-order valence-electron chi connectivity index (χ3n) is 3.45. The summed E-state index contributed by atoms with van der Waals surface area (Å²) >= 11 is 6.00. The highest BCUT2D eigenvalue weighted by Gasteiger charge is 2.15. The molecule has 0 aliphatic heterocycles. The van der Waals surface area contributed by atoms with Crippen molar-refractivity contribution >= 4 is 34.9 Å². The maximum Gasteiger partial charge on any atom is 0.142 e. The molecule has 0 radical (unpaired) electrons. The van der Waals surface area contributed by atoms with Crippen LogP contribution in [0.3, 0.4) is 0 Å². The van der Waals surface area contributed by atoms with Gasteiger partial charge in [0.15, 0.2) is 0 Å². The van der Waals surface area contributed by atoms with E-state index >= 15 is 0 Å². The van der Waals surface area contributed by atoms with E-state index in [0.717, 1.165) is 10.7 Å². The first-order chi connectivity index (χ1) is 10.5. The van der Waals surface area contributed by atoms with Gasteiger partial charge in [-0.2, -0.15) is 0 Å². The van der Waals surface area contributed by atoms with E-state index in [9.17, 15) is 5.11 Å². The number of aromatic hydroxyl groups is 1. The molecule has 0 saturated heterocycles. The van der Waals surface area contributed by atoms with Gasteiger partial charge in [-0.25, -0.2) is 9.97 Å². The second-order valence-corrected chi connectivity index (χ2v) is 6.58. The zero-order chi connectivity index (χ0) is 15.9. The molecular formula is C16H16N2O2S2. The molecule has 1 N–H and O–H groups in total. The Kier molecular flexibility index (Phi) is 3.97. The summed E-state index contributed by atoms with van der Waals surface area (Å²) in [4.78, 5) is 9.82. The van der Waals surface area contributed by atoms with E-state index in [-0.39, 0.29) is 5.75 Å². The highest BCUT2D eigenvalue weighted by molar-refractivity contribution is 7.80. The van der Waals surface area contributed by atoms with Crippen LogP contribution in [0.15, 0.2) is 28.5 Å². The lowest BCUT2D eigenvalue weighted by molar-refractivity contribution is 0.406. The highest BCUT2D eigenvalue weighted by atomic mass is 32.1. The van der Waals surface area contributed by atoms with E-state index in [1.807, 2.05) is 5.38 Å². The first-order valence-electron chi connectivity index (χ1n) is 6.86. The molecule has 0 saturated carbocycles. The van der Waals surface area contributed by atoms with Crippen molar-refractivity contribution in [2.45, 2.75) is 24.7 Å². The summed E-state index contributed by atoms with van der Waals surface area (Å²) in [6.45, 7) is 4.20. The van der Waals surface area contributed by atoms with Gasteiger partial charge in [0.05, 0.1) is 23.2 Å². The monoisotopic (exact) mass is 332 g/mol. The fraction of sp³-hybridized carbons (Fsp3) is 0.250. The average molecular weight is 332 g/mol. The van der Waals surface area contributed by atoms with E-state index in [1.165, 1.54) is 11.3 Å². The number of aromatic nitrogens is 2. The molecule has 0 bridgehead atoms. The summed E-state index contributed by atoms with van der Waals surface area (Å²) in [5.41, 5.74) is 2.28. The molecule has 2 aromatic heterocycles. The van der Waals surface area contributed by atoms with Crippen molar-refractivity contribution in [3.8, 4) is 22.2 Å². The summed E-state index contributed by atoms with van der Waals surface area (Å²) in [5.74, 6) is 1.15. The second kappa shape index (κ2) is 5.78. The summed E-state index contributed by atoms with van der Waals surface area (Å²) in [6.07, 6.45) is 0. The number of thiol groups is 1. The smallest absolute Gasteiger partial charge is 0.142 e. The maximum absolute atomic E-state index is 10.3. The van der Waals surface area contributed by atoms with Gasteiger partial charge in [0.25, 0.3) is 0 Å². The minimum Gasteiger partial charge on any atom is -0.507 e. The van der Waals surface area contributed by atoms with Crippen molar-refractivity contribution in [2.75, 3.05) is 7.11 Å². The van der Waals surface area contributed by atoms with Gasteiger partial charge < -0.3 is 9.84 Å². The van der Waals surface area contributed by atoms with Crippen molar-refractivity contribution in [3.63, 3.8) is 0 Å². The number of ether oxygens (including phenoxy) is 1. The minimum absolute atomic E-state index is 0.166. The van der Waals surface area contributed by atoms with Crippen molar-refractivity contribution in [1.82, 2.24) is 9.97 Å². The fourth-order valence-electron chi connectivity index (χ4n) is 2.18. The maximum atomic E-state index is 10.3. The van der Waals surface area contributed by atoms with Gasteiger partial charge >= 0.3 is 0 Å². The summed E-state index contributed by atoms with van der Waals surface area (Å²) in [5, 5.41) is 13.7. The van der Waals surface area contributed by atoms with E-state index in [1.54, 1.807) is 25.3 Å². The summed E-state index contributed by atoms with van der Waals surface area (Å²) < 4.78 is 5.26. The lowest BCUT2D eigenvalue weighted by Gasteiger charge is -2.09. The van der Waals surface area contributed by atoms with Gasteiger partial charge in [0, 0.05) is 16.8 Å². The molecule has 4 nitrogen and oxygen atoms in total. The van der Waals surface area contributed by atoms with Crippen LogP contribution in [-0.2, 0) is 0 Å². The average Bonchev–Trinajstić information content (AvgIpc) is 2.98. The van der Waals surface area contributed by atoms with Gasteiger partial charge in [0.1, 0.15) is 22.2 Å². The zero-order valence-corrected chi connectivity index (χ0v) is 14.2. The van der Waals surface area contributed by atoms with E-state index < -0.39 is 0 Å². The molecule has 0 unspecified atom stereocenters. The molecule has 0 aliphatic carbocycles. The second-order valence-electron chi connectivity index (χ2n) is 5.27. The van der Waals surface area contributed by atoms with Gasteiger partial charge in [-0.15, -0.1) is 24.0 Å². The van der Waals surface area contributed by atoms with E-state index in [0.29, 0.717) is 33.2 Å². The molecule has 0 spiro atoms. The largest absolute Gasteiger partial charge is 0.507 e. The number of hydrogen-bond donors (Lipinski definition) is 2. The van der Waals surface area contributed by atoms with Crippen molar-refractivity contribution in [1.29, 1.82) is 0 Å². The van der Waals surface area contributed by atoms with Crippen molar-refractivity contribution in [3.05, 3.63) is 29.3 Å². The van der Waals surface area contributed by atoms with Crippen LogP contribution in [0.25, 0.3) is 21.6 Å². The minimum atomic E-state index is 0.166. The third kappa shape index (κ3) is 2.53. The van der Waals surface area contributed by atoms with Crippen LogP contribution in [0.5, 0.6) is 11.5 Å². The summed E-state index contributed by atoms with van der Waals surface area (Å²) in [7, 11) is 1.58. The molecule has 0 atom stereocenters. The van der Waals surface area contributed by atoms with Crippen molar-refractivity contribution in [2.24, 2.45) is 0 Å². The molecule has 3 rings (SSSR count). The number of rotatable bonds is 3. The topological polar surface area (TPSA) is 55.2 Å². The number of thiazole rings is 1. The number of benzene rings is 1. The third-order valence-corrected chi connectivity index (χ3v) is 4.76. The lowest BCUT2D eigenvalue weighted by Crippen LogP contribution is -1.92. The Balaban J connectivity index is 2.20. The summed E-state index contributed by atoms with van der Waals surface area (Å²) in [6, 6.07) is 5.19. The first kappa shape index (κ1) is 15.1. The zero-order valence-electron chi connectivity index (χ0n) is 12.5. The van der Waals surface area contributed by atoms with Crippen LogP contribution in [-0.4, -0.2) is 22.2 Å². The predicted molar refractivity (Wildman–Crippen MR) is 92.4 cm³/mol. The molecule has 22 heavy (non-hydrogen) atoms. The molecule has 1 aromatic carbocycles. The van der Waals surface area contributed by atoms with Crippen LogP contribution in [0.2, 0.25) is 0 Å². The van der Waals surface area contributed by atoms with Gasteiger partial charge in [0.2, 0.25) is 0 Å². The number of pyridine rings is 1. The molecule has 2 heterocycles. The standard InChI is InChI=1S/C16H16N2O2S2/c1-8(2)11-7-22-16(18-11)10-6-12(19)9-4-5-13(20-3)15(21)14(9)17-10/h4-8,21H,1-3H3,(H,17,19).